The molecule has 0 radical (unpaired) electrons. The number of anilines is 1. The van der Waals surface area contributed by atoms with Crippen LogP contribution in [0.25, 0.3) is 21.3 Å². The van der Waals surface area contributed by atoms with Crippen molar-refractivity contribution in [3.05, 3.63) is 29.6 Å². The fourth-order valence-corrected chi connectivity index (χ4v) is 2.44. The van der Waals surface area contributed by atoms with Gasteiger partial charge in [0, 0.05) is 21.7 Å². The third-order valence-electron chi connectivity index (χ3n) is 2.41. The van der Waals surface area contributed by atoms with Crippen molar-refractivity contribution in [1.29, 1.82) is 0 Å². The molecule has 0 saturated carbocycles. The van der Waals surface area contributed by atoms with E-state index in [1.807, 2.05) is 23.6 Å². The summed E-state index contributed by atoms with van der Waals surface area (Å²) in [4.78, 5) is 0. The number of phenols is 1. The lowest BCUT2D eigenvalue weighted by molar-refractivity contribution is 0.437. The van der Waals surface area contributed by atoms with Crippen molar-refractivity contribution in [2.45, 2.75) is 0 Å². The minimum absolute atomic E-state index is 0.215. The van der Waals surface area contributed by atoms with Crippen molar-refractivity contribution in [2.75, 3.05) is 5.73 Å². The number of nitrogens with two attached hydrogens (primary N) is 1. The summed E-state index contributed by atoms with van der Waals surface area (Å²) in [6.07, 6.45) is 0. The van der Waals surface area contributed by atoms with Crippen molar-refractivity contribution in [1.82, 2.24) is 5.16 Å². The molecule has 0 atom stereocenters. The van der Waals surface area contributed by atoms with E-state index in [9.17, 15) is 5.11 Å². The smallest absolute Gasteiger partial charge is 0.222 e. The van der Waals surface area contributed by atoms with Crippen LogP contribution >= 0.6 is 11.3 Å². The molecule has 2 heterocycles. The number of nitrogens with zero attached hydrogens (tertiary/aromatic N) is 1. The Labute approximate surface area is 94.9 Å². The molecule has 0 aliphatic rings. The van der Waals surface area contributed by atoms with Crippen LogP contribution in [0.3, 0.4) is 0 Å². The summed E-state index contributed by atoms with van der Waals surface area (Å²) in [5.41, 5.74) is 6.63. The molecule has 4 nitrogen and oxygen atoms in total. The Morgan fingerprint density at radius 2 is 2.19 bits per heavy atom. The highest BCUT2D eigenvalue weighted by Gasteiger charge is 2.12. The van der Waals surface area contributed by atoms with Gasteiger partial charge in [0.2, 0.25) is 5.88 Å². The zero-order valence-corrected chi connectivity index (χ0v) is 8.99. The number of phenolic OH excluding ortho intramolecular Hbond substituents is 1. The van der Waals surface area contributed by atoms with E-state index in [0.29, 0.717) is 11.3 Å². The second kappa shape index (κ2) is 3.24. The lowest BCUT2D eigenvalue weighted by Crippen LogP contribution is -1.79. The number of fused-ring (bicyclic) bond motifs is 1. The Hall–Kier alpha value is -2.01. The van der Waals surface area contributed by atoms with E-state index in [0.717, 1.165) is 10.1 Å². The Kier molecular flexibility index (Phi) is 1.87. The van der Waals surface area contributed by atoms with Gasteiger partial charge < -0.3 is 15.4 Å². The lowest BCUT2D eigenvalue weighted by Gasteiger charge is -2.01. The molecule has 0 saturated heterocycles. The van der Waals surface area contributed by atoms with Gasteiger partial charge in [0.25, 0.3) is 0 Å². The maximum absolute atomic E-state index is 10.1. The highest BCUT2D eigenvalue weighted by Crippen LogP contribution is 2.37. The maximum atomic E-state index is 10.1. The quantitative estimate of drug-likeness (QED) is 0.676. The van der Waals surface area contributed by atoms with Gasteiger partial charge in [-0.1, -0.05) is 5.16 Å². The van der Waals surface area contributed by atoms with E-state index in [-0.39, 0.29) is 11.6 Å². The second-order valence-corrected chi connectivity index (χ2v) is 4.36. The van der Waals surface area contributed by atoms with Gasteiger partial charge >= 0.3 is 0 Å². The van der Waals surface area contributed by atoms with Gasteiger partial charge in [0.15, 0.2) is 0 Å². The normalized spacial score (nSPS) is 11.0. The zero-order chi connectivity index (χ0) is 11.1. The number of hydrogen-bond acceptors (Lipinski definition) is 5. The van der Waals surface area contributed by atoms with E-state index in [4.69, 9.17) is 10.3 Å². The molecule has 5 heteroatoms. The van der Waals surface area contributed by atoms with Crippen LogP contribution in [0.4, 0.5) is 5.88 Å². The molecule has 1 aromatic carbocycles. The molecule has 0 unspecified atom stereocenters. The molecule has 0 amide bonds. The van der Waals surface area contributed by atoms with E-state index < -0.39 is 0 Å². The lowest BCUT2D eigenvalue weighted by atomic mass is 10.1. The Morgan fingerprint density at radius 1 is 1.31 bits per heavy atom. The topological polar surface area (TPSA) is 72.3 Å². The summed E-state index contributed by atoms with van der Waals surface area (Å²) in [5.74, 6) is 0.451. The molecule has 16 heavy (non-hydrogen) atoms. The molecular weight excluding hydrogens is 224 g/mol. The molecule has 0 aliphatic heterocycles. The van der Waals surface area contributed by atoms with E-state index >= 15 is 0 Å². The van der Waals surface area contributed by atoms with Crippen LogP contribution in [-0.2, 0) is 0 Å². The molecule has 3 N–H and O–H groups in total. The van der Waals surface area contributed by atoms with Gasteiger partial charge in [0.1, 0.15) is 11.4 Å². The minimum Gasteiger partial charge on any atom is -0.507 e. The standard InChI is InChI=1S/C11H8N2O2S/c12-10-5-8(13-15-10)6-1-2-9-7(11(6)14)3-4-16-9/h1-5,14H,12H2. The first-order chi connectivity index (χ1) is 7.75. The molecule has 0 fully saturated rings. The van der Waals surface area contributed by atoms with Gasteiger partial charge in [-0.15, -0.1) is 11.3 Å². The highest BCUT2D eigenvalue weighted by atomic mass is 32.1. The van der Waals surface area contributed by atoms with Crippen LogP contribution in [0.1, 0.15) is 0 Å². The number of aromatic hydroxyl groups is 1. The van der Waals surface area contributed by atoms with Crippen LogP contribution in [0.5, 0.6) is 5.75 Å². The van der Waals surface area contributed by atoms with E-state index in [1.165, 1.54) is 0 Å². The summed E-state index contributed by atoms with van der Waals surface area (Å²) >= 11 is 1.58. The number of aromatic nitrogens is 1. The Bertz CT molecular complexity index is 657. The van der Waals surface area contributed by atoms with Crippen molar-refractivity contribution >= 4 is 27.3 Å². The number of benzene rings is 1. The first-order valence-corrected chi connectivity index (χ1v) is 5.55. The maximum Gasteiger partial charge on any atom is 0.222 e. The Balaban J connectivity index is 2.27. The molecule has 3 aromatic rings. The first-order valence-electron chi connectivity index (χ1n) is 4.67. The third-order valence-corrected chi connectivity index (χ3v) is 3.29. The zero-order valence-electron chi connectivity index (χ0n) is 8.18. The van der Waals surface area contributed by atoms with Gasteiger partial charge in [-0.05, 0) is 23.6 Å². The SMILES string of the molecule is Nc1cc(-c2ccc3sccc3c2O)no1. The van der Waals surface area contributed by atoms with Crippen LogP contribution in [0, 0.1) is 0 Å². The van der Waals surface area contributed by atoms with Crippen LogP contribution in [0.2, 0.25) is 0 Å². The summed E-state index contributed by atoms with van der Waals surface area (Å²) < 4.78 is 5.83. The fraction of sp³-hybridized carbons (Fsp3) is 0. The molecule has 0 bridgehead atoms. The van der Waals surface area contributed by atoms with Gasteiger partial charge in [-0.2, -0.15) is 0 Å². The number of thiophene rings is 1. The van der Waals surface area contributed by atoms with Crippen molar-refractivity contribution in [2.24, 2.45) is 0 Å². The first kappa shape index (κ1) is 9.23. The fourth-order valence-electron chi connectivity index (χ4n) is 1.65. The summed E-state index contributed by atoms with van der Waals surface area (Å²) in [5, 5.41) is 16.6. The van der Waals surface area contributed by atoms with Crippen LogP contribution < -0.4 is 5.73 Å². The van der Waals surface area contributed by atoms with E-state index in [1.54, 1.807) is 17.4 Å². The van der Waals surface area contributed by atoms with E-state index in [2.05, 4.69) is 5.16 Å². The number of nitrogen functional groups attached to an aromatic ring is 1. The monoisotopic (exact) mass is 232 g/mol. The van der Waals surface area contributed by atoms with Crippen molar-refractivity contribution in [3.63, 3.8) is 0 Å². The van der Waals surface area contributed by atoms with Crippen LogP contribution in [-0.4, -0.2) is 10.3 Å². The molecule has 0 spiro atoms. The molecule has 80 valence electrons. The molecule has 0 aliphatic carbocycles. The number of hydrogen-bond donors (Lipinski definition) is 2. The summed E-state index contributed by atoms with van der Waals surface area (Å²) in [6, 6.07) is 7.22. The van der Waals surface area contributed by atoms with Gasteiger partial charge in [-0.25, -0.2) is 0 Å². The van der Waals surface area contributed by atoms with Crippen molar-refractivity contribution < 1.29 is 9.63 Å². The predicted octanol–water partition coefficient (Wildman–Crippen LogP) is 2.84. The second-order valence-electron chi connectivity index (χ2n) is 3.41. The molecule has 2 aromatic heterocycles. The summed E-state index contributed by atoms with van der Waals surface area (Å²) in [6.45, 7) is 0. The minimum atomic E-state index is 0.215. The molecular formula is C11H8N2O2S. The largest absolute Gasteiger partial charge is 0.507 e. The van der Waals surface area contributed by atoms with Gasteiger partial charge in [-0.3, -0.25) is 0 Å². The average Bonchev–Trinajstić information content (AvgIpc) is 2.87. The Morgan fingerprint density at radius 3 is 2.94 bits per heavy atom. The van der Waals surface area contributed by atoms with Gasteiger partial charge in [0.05, 0.1) is 0 Å². The number of rotatable bonds is 1. The average molecular weight is 232 g/mol. The molecule has 3 rings (SSSR count). The third kappa shape index (κ3) is 1.25. The predicted molar refractivity (Wildman–Crippen MR) is 63.4 cm³/mol. The highest BCUT2D eigenvalue weighted by molar-refractivity contribution is 7.17. The van der Waals surface area contributed by atoms with Crippen LogP contribution in [0.15, 0.2) is 34.2 Å². The summed E-state index contributed by atoms with van der Waals surface area (Å²) in [7, 11) is 0. The van der Waals surface area contributed by atoms with Crippen molar-refractivity contribution in [3.8, 4) is 17.0 Å².